The van der Waals surface area contributed by atoms with E-state index in [2.05, 4.69) is 0 Å². The number of carboxylic acids is 2. The van der Waals surface area contributed by atoms with Crippen molar-refractivity contribution in [1.29, 1.82) is 0 Å². The van der Waals surface area contributed by atoms with Crippen molar-refractivity contribution >= 4 is 11.9 Å². The predicted octanol–water partition coefficient (Wildman–Crippen LogP) is -12.3. The minimum absolute atomic E-state index is 0. The Morgan fingerprint density at radius 3 is 1.71 bits per heavy atom. The van der Waals surface area contributed by atoms with Gasteiger partial charge in [0, 0.05) is 6.42 Å². The Morgan fingerprint density at radius 1 is 1.14 bits per heavy atom. The molecule has 0 saturated carbocycles. The first kappa shape index (κ1) is 30.2. The molecule has 1 atom stereocenters. The average molecular weight is 243 g/mol. The number of hydrogen-bond acceptors (Lipinski definition) is 3. The molecule has 0 aromatic rings. The smallest absolute Gasteiger partial charge is 1.00 e. The molecule has 0 saturated heterocycles. The maximum Gasteiger partial charge on any atom is 1.00 e. The van der Waals surface area contributed by atoms with E-state index in [0.717, 1.165) is 0 Å². The Hall–Kier alpha value is 2.90. The summed E-state index contributed by atoms with van der Waals surface area (Å²) in [6.07, 6.45) is -0.224. The molecule has 66 valence electrons. The first-order valence-corrected chi connectivity index (χ1v) is 2.74. The molecule has 0 bridgehead atoms. The molecule has 0 unspecified atom stereocenters. The van der Waals surface area contributed by atoms with E-state index < -0.39 is 18.0 Å². The van der Waals surface area contributed by atoms with Crippen molar-refractivity contribution in [3.63, 3.8) is 0 Å². The number of carboxylic acid groups (broad SMARTS) is 2. The van der Waals surface area contributed by atoms with Crippen LogP contribution in [0.15, 0.2) is 0 Å². The fraction of sp³-hybridized carbons (Fsp3) is 0.600. The second-order valence-corrected chi connectivity index (χ2v) is 1.88. The van der Waals surface area contributed by atoms with E-state index in [0.29, 0.717) is 0 Å². The molecular formula is C5H13NNa4O4. The Morgan fingerprint density at radius 2 is 1.50 bits per heavy atom. The Bertz CT molecular complexity index is 170. The zero-order valence-electron chi connectivity index (χ0n) is 13.3. The van der Waals surface area contributed by atoms with Crippen LogP contribution in [-0.4, -0.2) is 28.2 Å². The molecule has 0 aliphatic heterocycles. The Labute approximate surface area is 177 Å². The quantitative estimate of drug-likeness (QED) is 0.426. The van der Waals surface area contributed by atoms with Crippen molar-refractivity contribution in [2.75, 3.05) is 0 Å². The van der Waals surface area contributed by atoms with E-state index in [1.807, 2.05) is 0 Å². The third-order valence-electron chi connectivity index (χ3n) is 0.986. The standard InChI is InChI=1S/C5H9NO4.4Na.4H/c6-3(5(9)10)1-2-4(7)8;;;;;;;;/h3H,1-2,6H2,(H,7,8)(H,9,10);;;;;;;;/q;4*+1;4*-1/t3-;;;;;;;;/m1......../s1. The molecule has 14 heavy (non-hydrogen) atoms. The minimum atomic E-state index is -1.17. The van der Waals surface area contributed by atoms with Crippen molar-refractivity contribution in [2.45, 2.75) is 18.9 Å². The molecule has 0 aliphatic rings. The van der Waals surface area contributed by atoms with Crippen LogP contribution in [0, 0.1) is 0 Å². The molecule has 4 N–H and O–H groups in total. The Kier molecular flexibility index (Phi) is 39.4. The molecule has 9 heteroatoms. The van der Waals surface area contributed by atoms with Gasteiger partial charge in [-0.05, 0) is 6.42 Å². The summed E-state index contributed by atoms with van der Waals surface area (Å²) in [5.41, 5.74) is 5.00. The monoisotopic (exact) mass is 243 g/mol. The van der Waals surface area contributed by atoms with E-state index in [9.17, 15) is 9.59 Å². The third-order valence-corrected chi connectivity index (χ3v) is 0.986. The van der Waals surface area contributed by atoms with Crippen molar-refractivity contribution in [1.82, 2.24) is 0 Å². The molecule has 0 heterocycles. The van der Waals surface area contributed by atoms with Gasteiger partial charge in [-0.2, -0.15) is 0 Å². The molecule has 0 fully saturated rings. The second kappa shape index (κ2) is 18.3. The zero-order chi connectivity index (χ0) is 8.15. The molecule has 5 nitrogen and oxygen atoms in total. The van der Waals surface area contributed by atoms with E-state index >= 15 is 0 Å². The van der Waals surface area contributed by atoms with Crippen molar-refractivity contribution in [3.8, 4) is 0 Å². The van der Waals surface area contributed by atoms with Crippen LogP contribution in [0.5, 0.6) is 0 Å². The molecule has 0 amide bonds. The van der Waals surface area contributed by atoms with Crippen LogP contribution in [0.1, 0.15) is 18.5 Å². The zero-order valence-corrected chi connectivity index (χ0v) is 17.3. The van der Waals surface area contributed by atoms with Gasteiger partial charge in [0.05, 0.1) is 0 Å². The molecule has 0 rings (SSSR count). The summed E-state index contributed by atoms with van der Waals surface area (Å²) in [6, 6.07) is -1.06. The van der Waals surface area contributed by atoms with Gasteiger partial charge in [0.25, 0.3) is 0 Å². The van der Waals surface area contributed by atoms with Gasteiger partial charge in [-0.3, -0.25) is 9.59 Å². The fourth-order valence-corrected chi connectivity index (χ4v) is 0.402. The first-order chi connectivity index (χ1) is 4.54. The summed E-state index contributed by atoms with van der Waals surface area (Å²) >= 11 is 0. The van der Waals surface area contributed by atoms with E-state index in [-0.39, 0.29) is 137 Å². The number of rotatable bonds is 4. The SMILES string of the molecule is N[C@H](CCC(=O)O)C(=O)O.[H-].[H-].[H-].[H-].[Na+].[Na+].[Na+].[Na+]. The van der Waals surface area contributed by atoms with E-state index in [1.54, 1.807) is 0 Å². The summed E-state index contributed by atoms with van der Waals surface area (Å²) in [4.78, 5) is 19.9. The van der Waals surface area contributed by atoms with Gasteiger partial charge in [0.1, 0.15) is 6.04 Å². The van der Waals surface area contributed by atoms with Crippen LogP contribution in [0.4, 0.5) is 0 Å². The third kappa shape index (κ3) is 20.3. The van der Waals surface area contributed by atoms with Gasteiger partial charge < -0.3 is 21.7 Å². The number of aliphatic carboxylic acids is 2. The molecule has 0 spiro atoms. The number of hydrogen-bond donors (Lipinski definition) is 3. The number of nitrogens with two attached hydrogens (primary N) is 1. The summed E-state index contributed by atoms with van der Waals surface area (Å²) in [5, 5.41) is 16.3. The van der Waals surface area contributed by atoms with Gasteiger partial charge in [0.2, 0.25) is 0 Å². The summed E-state index contributed by atoms with van der Waals surface area (Å²) < 4.78 is 0. The predicted molar refractivity (Wildman–Crippen MR) is 36.9 cm³/mol. The fourth-order valence-electron chi connectivity index (χ4n) is 0.402. The van der Waals surface area contributed by atoms with Crippen LogP contribution < -0.4 is 124 Å². The summed E-state index contributed by atoms with van der Waals surface area (Å²) in [7, 11) is 0. The van der Waals surface area contributed by atoms with Crippen molar-refractivity contribution in [3.05, 3.63) is 0 Å². The van der Waals surface area contributed by atoms with Crippen LogP contribution in [0.2, 0.25) is 0 Å². The van der Waals surface area contributed by atoms with E-state index in [1.165, 1.54) is 0 Å². The molecule has 0 radical (unpaired) electrons. The normalized spacial score (nSPS) is 8.93. The van der Waals surface area contributed by atoms with Crippen molar-refractivity contribution < 1.29 is 144 Å². The molecule has 0 aromatic carbocycles. The maximum atomic E-state index is 9.99. The van der Waals surface area contributed by atoms with Crippen LogP contribution in [-0.2, 0) is 9.59 Å². The molecule has 0 aliphatic carbocycles. The summed E-state index contributed by atoms with van der Waals surface area (Å²) in [6.45, 7) is 0. The molecule has 0 aromatic heterocycles. The minimum Gasteiger partial charge on any atom is -1.00 e. The Balaban J connectivity index is -0.0000000145. The maximum absolute atomic E-state index is 9.99. The van der Waals surface area contributed by atoms with Gasteiger partial charge in [0.15, 0.2) is 0 Å². The number of carbonyl (C=O) groups is 2. The van der Waals surface area contributed by atoms with Crippen LogP contribution in [0.3, 0.4) is 0 Å². The van der Waals surface area contributed by atoms with Gasteiger partial charge >= 0.3 is 130 Å². The second-order valence-electron chi connectivity index (χ2n) is 1.88. The van der Waals surface area contributed by atoms with Gasteiger partial charge in [-0.25, -0.2) is 0 Å². The van der Waals surface area contributed by atoms with E-state index in [4.69, 9.17) is 15.9 Å². The van der Waals surface area contributed by atoms with Gasteiger partial charge in [-0.1, -0.05) is 0 Å². The average Bonchev–Trinajstić information content (AvgIpc) is 1.82. The van der Waals surface area contributed by atoms with Crippen LogP contribution in [0.25, 0.3) is 0 Å². The van der Waals surface area contributed by atoms with Crippen LogP contribution >= 0.6 is 0 Å². The largest absolute Gasteiger partial charge is 1.00 e. The van der Waals surface area contributed by atoms with Gasteiger partial charge in [-0.15, -0.1) is 0 Å². The summed E-state index contributed by atoms with van der Waals surface area (Å²) in [5.74, 6) is -2.20. The topological polar surface area (TPSA) is 101 Å². The molecular weight excluding hydrogens is 230 g/mol. The van der Waals surface area contributed by atoms with Crippen molar-refractivity contribution in [2.24, 2.45) is 5.73 Å². The first-order valence-electron chi connectivity index (χ1n) is 2.74.